The van der Waals surface area contributed by atoms with Crippen molar-refractivity contribution < 1.29 is 9.59 Å². The molecule has 5 rings (SSSR count). The zero-order valence-electron chi connectivity index (χ0n) is 19.9. The molecule has 2 heterocycles. The van der Waals surface area contributed by atoms with Gasteiger partial charge in [0.1, 0.15) is 5.70 Å². The molecule has 0 atom stereocenters. The zero-order valence-corrected chi connectivity index (χ0v) is 19.9. The van der Waals surface area contributed by atoms with Gasteiger partial charge >= 0.3 is 0 Å². The number of hydrogen-bond acceptors (Lipinski definition) is 4. The molecule has 0 fully saturated rings. The van der Waals surface area contributed by atoms with E-state index in [-0.39, 0.29) is 11.8 Å². The predicted molar refractivity (Wildman–Crippen MR) is 138 cm³/mol. The van der Waals surface area contributed by atoms with Crippen molar-refractivity contribution in [2.24, 2.45) is 0 Å². The van der Waals surface area contributed by atoms with E-state index < -0.39 is 0 Å². The minimum atomic E-state index is -0.274. The first kappa shape index (κ1) is 22.0. The first-order chi connectivity index (χ1) is 16.5. The molecule has 0 aromatic heterocycles. The highest BCUT2D eigenvalue weighted by atomic mass is 16.2. The van der Waals surface area contributed by atoms with Crippen LogP contribution in [0.4, 0.5) is 17.1 Å². The summed E-state index contributed by atoms with van der Waals surface area (Å²) in [5.41, 5.74) is 6.68. The van der Waals surface area contributed by atoms with Crippen molar-refractivity contribution >= 4 is 34.4 Å². The highest BCUT2D eigenvalue weighted by Gasteiger charge is 2.44. The number of carbonyl (C=O) groups is 2. The number of amides is 2. The van der Waals surface area contributed by atoms with E-state index in [0.29, 0.717) is 23.5 Å². The van der Waals surface area contributed by atoms with Crippen LogP contribution in [0.15, 0.2) is 78.5 Å². The summed E-state index contributed by atoms with van der Waals surface area (Å²) in [5.74, 6) is -0.545. The molecule has 0 saturated carbocycles. The Morgan fingerprint density at radius 3 is 2.18 bits per heavy atom. The third-order valence-corrected chi connectivity index (χ3v) is 6.79. The summed E-state index contributed by atoms with van der Waals surface area (Å²) in [4.78, 5) is 33.3. The van der Waals surface area contributed by atoms with E-state index in [1.165, 1.54) is 10.5 Å². The fourth-order valence-electron chi connectivity index (χ4n) is 4.96. The molecule has 3 aromatic carbocycles. The summed E-state index contributed by atoms with van der Waals surface area (Å²) in [6, 6.07) is 23.7. The van der Waals surface area contributed by atoms with Crippen molar-refractivity contribution in [3.8, 4) is 0 Å². The lowest BCUT2D eigenvalue weighted by Gasteiger charge is -2.23. The van der Waals surface area contributed by atoms with Gasteiger partial charge in [-0.1, -0.05) is 48.0 Å². The van der Waals surface area contributed by atoms with Crippen LogP contribution in [0.2, 0.25) is 0 Å². The van der Waals surface area contributed by atoms with Gasteiger partial charge in [0.05, 0.1) is 11.3 Å². The molecule has 0 radical (unpaired) electrons. The normalized spacial score (nSPS) is 15.4. The standard InChI is InChI=1S/C29H29N3O2/c1-4-30(5-2)23-14-16-24(17-15-23)32-28(33)26(22-12-10-20(3)11-13-22)27(29(32)34)31-19-18-21-8-6-7-9-25(21)31/h6-17H,4-5,18-19H2,1-3H3. The van der Waals surface area contributed by atoms with E-state index in [0.717, 1.165) is 42.0 Å². The second-order valence-electron chi connectivity index (χ2n) is 8.75. The molecule has 0 saturated heterocycles. The number of nitrogens with zero attached hydrogens (tertiary/aromatic N) is 3. The molecule has 5 nitrogen and oxygen atoms in total. The Labute approximate surface area is 200 Å². The first-order valence-electron chi connectivity index (χ1n) is 11.9. The highest BCUT2D eigenvalue weighted by molar-refractivity contribution is 6.46. The van der Waals surface area contributed by atoms with Crippen LogP contribution in [0.1, 0.15) is 30.5 Å². The fourth-order valence-corrected chi connectivity index (χ4v) is 4.96. The molecule has 2 aliphatic rings. The maximum atomic E-state index is 13.9. The smallest absolute Gasteiger partial charge is 0.282 e. The van der Waals surface area contributed by atoms with Crippen LogP contribution in [0.3, 0.4) is 0 Å². The molecule has 3 aromatic rings. The van der Waals surface area contributed by atoms with E-state index in [4.69, 9.17) is 0 Å². The average molecular weight is 452 g/mol. The van der Waals surface area contributed by atoms with Crippen molar-refractivity contribution in [2.75, 3.05) is 34.3 Å². The lowest BCUT2D eigenvalue weighted by atomic mass is 10.0. The van der Waals surface area contributed by atoms with Crippen molar-refractivity contribution in [2.45, 2.75) is 27.2 Å². The summed E-state index contributed by atoms with van der Waals surface area (Å²) in [5, 5.41) is 0. The molecule has 0 bridgehead atoms. The predicted octanol–water partition coefficient (Wildman–Crippen LogP) is 5.19. The number of imide groups is 1. The molecule has 0 N–H and O–H groups in total. The molecule has 0 spiro atoms. The number of anilines is 3. The van der Waals surface area contributed by atoms with Gasteiger partial charge in [-0.2, -0.15) is 0 Å². The average Bonchev–Trinajstić information content (AvgIpc) is 3.39. The Morgan fingerprint density at radius 1 is 0.824 bits per heavy atom. The van der Waals surface area contributed by atoms with Crippen molar-refractivity contribution in [1.29, 1.82) is 0 Å². The van der Waals surface area contributed by atoms with Gasteiger partial charge in [-0.05, 0) is 68.7 Å². The monoisotopic (exact) mass is 451 g/mol. The van der Waals surface area contributed by atoms with Gasteiger partial charge in [0.15, 0.2) is 0 Å². The minimum Gasteiger partial charge on any atom is -0.372 e. The molecule has 2 aliphatic heterocycles. The van der Waals surface area contributed by atoms with Gasteiger partial charge in [0.25, 0.3) is 11.8 Å². The number of aryl methyl sites for hydroxylation is 1. The van der Waals surface area contributed by atoms with E-state index in [1.54, 1.807) is 0 Å². The summed E-state index contributed by atoms with van der Waals surface area (Å²) < 4.78 is 0. The van der Waals surface area contributed by atoms with Crippen LogP contribution in [-0.2, 0) is 16.0 Å². The van der Waals surface area contributed by atoms with Crippen LogP contribution >= 0.6 is 0 Å². The fraction of sp³-hybridized carbons (Fsp3) is 0.241. The molecule has 0 unspecified atom stereocenters. The minimum absolute atomic E-state index is 0.270. The number of rotatable bonds is 6. The summed E-state index contributed by atoms with van der Waals surface area (Å²) in [7, 11) is 0. The van der Waals surface area contributed by atoms with Crippen molar-refractivity contribution in [3.63, 3.8) is 0 Å². The Hall–Kier alpha value is -3.86. The first-order valence-corrected chi connectivity index (χ1v) is 11.9. The molecule has 34 heavy (non-hydrogen) atoms. The molecule has 172 valence electrons. The third kappa shape index (κ3) is 3.58. The van der Waals surface area contributed by atoms with Gasteiger partial charge in [0, 0.05) is 31.0 Å². The van der Waals surface area contributed by atoms with Gasteiger partial charge in [-0.3, -0.25) is 9.59 Å². The Balaban J connectivity index is 1.59. The van der Waals surface area contributed by atoms with Crippen LogP contribution in [-0.4, -0.2) is 31.4 Å². The van der Waals surface area contributed by atoms with Crippen LogP contribution < -0.4 is 14.7 Å². The van der Waals surface area contributed by atoms with Gasteiger partial charge in [-0.25, -0.2) is 4.90 Å². The maximum Gasteiger partial charge on any atom is 0.282 e. The van der Waals surface area contributed by atoms with Gasteiger partial charge < -0.3 is 9.80 Å². The molecular weight excluding hydrogens is 422 g/mol. The third-order valence-electron chi connectivity index (χ3n) is 6.79. The van der Waals surface area contributed by atoms with E-state index in [9.17, 15) is 9.59 Å². The quantitative estimate of drug-likeness (QED) is 0.484. The summed E-state index contributed by atoms with van der Waals surface area (Å²) >= 11 is 0. The number of para-hydroxylation sites is 1. The van der Waals surface area contributed by atoms with E-state index in [1.807, 2.05) is 78.6 Å². The lowest BCUT2D eigenvalue weighted by Crippen LogP contribution is -2.35. The van der Waals surface area contributed by atoms with Crippen molar-refractivity contribution in [1.82, 2.24) is 0 Å². The Bertz CT molecular complexity index is 1270. The second kappa shape index (κ2) is 8.82. The van der Waals surface area contributed by atoms with Crippen LogP contribution in [0, 0.1) is 6.92 Å². The SMILES string of the molecule is CCN(CC)c1ccc(N2C(=O)C(c3ccc(C)cc3)=C(N3CCc4ccccc43)C2=O)cc1. The molecule has 0 aliphatic carbocycles. The van der Waals surface area contributed by atoms with Crippen LogP contribution in [0.25, 0.3) is 5.57 Å². The highest BCUT2D eigenvalue weighted by Crippen LogP contribution is 2.40. The second-order valence-corrected chi connectivity index (χ2v) is 8.75. The number of fused-ring (bicyclic) bond motifs is 1. The number of carbonyl (C=O) groups excluding carboxylic acids is 2. The Kier molecular flexibility index (Phi) is 5.70. The van der Waals surface area contributed by atoms with Crippen molar-refractivity contribution in [3.05, 3.63) is 95.2 Å². The van der Waals surface area contributed by atoms with Gasteiger partial charge in [-0.15, -0.1) is 0 Å². The molecule has 2 amide bonds. The Morgan fingerprint density at radius 2 is 1.50 bits per heavy atom. The number of hydrogen-bond donors (Lipinski definition) is 0. The molecule has 5 heteroatoms. The summed E-state index contributed by atoms with van der Waals surface area (Å²) in [6.07, 6.45) is 0.848. The summed E-state index contributed by atoms with van der Waals surface area (Å²) in [6.45, 7) is 8.72. The van der Waals surface area contributed by atoms with Gasteiger partial charge in [0.2, 0.25) is 0 Å². The zero-order chi connectivity index (χ0) is 23.8. The van der Waals surface area contributed by atoms with Crippen LogP contribution in [0.5, 0.6) is 0 Å². The van der Waals surface area contributed by atoms with E-state index in [2.05, 4.69) is 24.8 Å². The lowest BCUT2D eigenvalue weighted by molar-refractivity contribution is -0.120. The van der Waals surface area contributed by atoms with E-state index >= 15 is 0 Å². The maximum absolute atomic E-state index is 13.9. The topological polar surface area (TPSA) is 43.9 Å². The number of benzene rings is 3. The molecular formula is C29H29N3O2. The largest absolute Gasteiger partial charge is 0.372 e.